The molecule has 0 unspecified atom stereocenters. The molecule has 9 rings (SSSR count). The van der Waals surface area contributed by atoms with Crippen LogP contribution in [-0.2, 0) is 0 Å². The molecule has 1 aliphatic rings. The van der Waals surface area contributed by atoms with Gasteiger partial charge in [-0.2, -0.15) is 0 Å². The zero-order chi connectivity index (χ0) is 38.6. The van der Waals surface area contributed by atoms with E-state index in [4.69, 9.17) is 4.74 Å². The molecule has 0 bridgehead atoms. The summed E-state index contributed by atoms with van der Waals surface area (Å²) in [6, 6.07) is 71.2. The average molecular weight is 732 g/mol. The van der Waals surface area contributed by atoms with Crippen molar-refractivity contribution in [2.24, 2.45) is 0 Å². The first-order valence-corrected chi connectivity index (χ1v) is 19.3. The molecule has 8 aromatic rings. The van der Waals surface area contributed by atoms with Crippen LogP contribution in [0.25, 0.3) is 55.8 Å². The lowest BCUT2D eigenvalue weighted by Gasteiger charge is -2.26. The number of allylic oxidation sites excluding steroid dienone is 4. The van der Waals surface area contributed by atoms with Crippen LogP contribution < -0.4 is 9.64 Å². The monoisotopic (exact) mass is 731 g/mol. The Bertz CT molecular complexity index is 2670. The van der Waals surface area contributed by atoms with Crippen LogP contribution in [0.1, 0.15) is 16.7 Å². The second kappa shape index (κ2) is 15.7. The Labute approximate surface area is 335 Å². The number of benzene rings is 8. The molecule has 0 atom stereocenters. The predicted octanol–water partition coefficient (Wildman–Crippen LogP) is 15.1. The molecule has 2 nitrogen and oxygen atoms in total. The summed E-state index contributed by atoms with van der Waals surface area (Å²) in [6.07, 6.45) is 6.04. The molecule has 0 saturated heterocycles. The Morgan fingerprint density at radius 2 is 0.807 bits per heavy atom. The smallest absolute Gasteiger partial charge is 0.135 e. The standard InChI is InChI=1S/C55H41NO/c1-39-20-22-43(23-21-39)44-24-30-50(31-25-44)56(52-34-28-46(29-35-52)54-19-11-12-40(2)53-17-9-10-18-55(53)57-54)51-32-26-45(27-33-51)49-37-47(41-13-5-3-6-14-41)36-48(38-49)42-15-7-4-8-16-42/h3-38H,2H2,1H3/b12-11-,54-19-. The van der Waals surface area contributed by atoms with E-state index in [1.54, 1.807) is 0 Å². The number of hydrogen-bond donors (Lipinski definition) is 0. The lowest BCUT2D eigenvalue weighted by atomic mass is 9.93. The molecule has 0 aliphatic carbocycles. The van der Waals surface area contributed by atoms with Crippen molar-refractivity contribution < 1.29 is 4.74 Å². The van der Waals surface area contributed by atoms with Gasteiger partial charge in [0, 0.05) is 28.2 Å². The number of aryl methyl sites for hydroxylation is 1. The van der Waals surface area contributed by atoms with E-state index >= 15 is 0 Å². The highest BCUT2D eigenvalue weighted by Gasteiger charge is 2.17. The third-order valence-corrected chi connectivity index (χ3v) is 10.5. The summed E-state index contributed by atoms with van der Waals surface area (Å²) in [4.78, 5) is 2.31. The molecule has 57 heavy (non-hydrogen) atoms. The SMILES string of the molecule is C=C1/C=C\C=C(\c2ccc(N(c3ccc(-c4ccc(C)cc4)cc3)c3ccc(-c4cc(-c5ccccc5)cc(-c5ccccc5)c4)cc3)cc2)Oc2ccccc21. The fourth-order valence-corrected chi connectivity index (χ4v) is 7.43. The van der Waals surface area contributed by atoms with Crippen molar-refractivity contribution in [3.05, 3.63) is 242 Å². The minimum Gasteiger partial charge on any atom is -0.456 e. The van der Waals surface area contributed by atoms with E-state index in [-0.39, 0.29) is 0 Å². The molecule has 0 aromatic heterocycles. The minimum absolute atomic E-state index is 0.781. The molecule has 0 radical (unpaired) electrons. The Hall–Kier alpha value is -7.42. The molecule has 0 saturated carbocycles. The van der Waals surface area contributed by atoms with E-state index in [0.29, 0.717) is 0 Å². The predicted molar refractivity (Wildman–Crippen MR) is 241 cm³/mol. The summed E-state index contributed by atoms with van der Waals surface area (Å²) in [5.74, 6) is 1.58. The number of anilines is 3. The van der Waals surface area contributed by atoms with Gasteiger partial charge in [0.2, 0.25) is 0 Å². The van der Waals surface area contributed by atoms with Crippen LogP contribution in [0.5, 0.6) is 5.75 Å². The summed E-state index contributed by atoms with van der Waals surface area (Å²) in [7, 11) is 0. The van der Waals surface area contributed by atoms with Crippen molar-refractivity contribution in [2.45, 2.75) is 6.92 Å². The number of fused-ring (bicyclic) bond motifs is 1. The van der Waals surface area contributed by atoms with Gasteiger partial charge in [0.15, 0.2) is 0 Å². The molecular formula is C55H41NO. The molecule has 0 spiro atoms. The van der Waals surface area contributed by atoms with Crippen LogP contribution in [0.3, 0.4) is 0 Å². The van der Waals surface area contributed by atoms with E-state index in [1.165, 1.54) is 44.5 Å². The fraction of sp³-hybridized carbons (Fsp3) is 0.0182. The van der Waals surface area contributed by atoms with Gasteiger partial charge in [0.05, 0.1) is 0 Å². The van der Waals surface area contributed by atoms with Crippen LogP contribution in [0.2, 0.25) is 0 Å². The van der Waals surface area contributed by atoms with Crippen LogP contribution in [-0.4, -0.2) is 0 Å². The highest BCUT2D eigenvalue weighted by Crippen LogP contribution is 2.39. The summed E-state index contributed by atoms with van der Waals surface area (Å²) < 4.78 is 6.49. The lowest BCUT2D eigenvalue weighted by Crippen LogP contribution is -2.10. The van der Waals surface area contributed by atoms with Crippen LogP contribution in [0.4, 0.5) is 17.1 Å². The van der Waals surface area contributed by atoms with Gasteiger partial charge in [-0.05, 0) is 136 Å². The number of nitrogens with zero attached hydrogens (tertiary/aromatic N) is 1. The summed E-state index contributed by atoms with van der Waals surface area (Å²) in [5, 5.41) is 0. The van der Waals surface area contributed by atoms with Crippen LogP contribution in [0.15, 0.2) is 225 Å². The molecule has 272 valence electrons. The van der Waals surface area contributed by atoms with Crippen LogP contribution >= 0.6 is 0 Å². The Morgan fingerprint density at radius 3 is 1.32 bits per heavy atom. The largest absolute Gasteiger partial charge is 0.456 e. The Kier molecular flexibility index (Phi) is 9.75. The molecule has 0 N–H and O–H groups in total. The first kappa shape index (κ1) is 35.3. The number of ether oxygens (including phenoxy) is 1. The van der Waals surface area contributed by atoms with Crippen molar-refractivity contribution in [3.63, 3.8) is 0 Å². The van der Waals surface area contributed by atoms with E-state index in [0.717, 1.165) is 50.8 Å². The normalized spacial score (nSPS) is 13.6. The second-order valence-electron chi connectivity index (χ2n) is 14.4. The maximum Gasteiger partial charge on any atom is 0.135 e. The third kappa shape index (κ3) is 7.62. The van der Waals surface area contributed by atoms with Gasteiger partial charge in [-0.1, -0.05) is 152 Å². The molecule has 1 aliphatic heterocycles. The van der Waals surface area contributed by atoms with Crippen molar-refractivity contribution in [1.82, 2.24) is 0 Å². The van der Waals surface area contributed by atoms with E-state index in [9.17, 15) is 0 Å². The maximum atomic E-state index is 6.49. The maximum absolute atomic E-state index is 6.49. The average Bonchev–Trinajstić information content (AvgIpc) is 3.27. The van der Waals surface area contributed by atoms with Crippen molar-refractivity contribution in [1.29, 1.82) is 0 Å². The third-order valence-electron chi connectivity index (χ3n) is 10.5. The number of hydrogen-bond acceptors (Lipinski definition) is 2. The quantitative estimate of drug-likeness (QED) is 0.154. The summed E-state index contributed by atoms with van der Waals surface area (Å²) >= 11 is 0. The van der Waals surface area contributed by atoms with Gasteiger partial charge in [0.1, 0.15) is 11.5 Å². The topological polar surface area (TPSA) is 12.5 Å². The number of rotatable bonds is 8. The summed E-state index contributed by atoms with van der Waals surface area (Å²) in [5.41, 5.74) is 16.8. The van der Waals surface area contributed by atoms with Crippen molar-refractivity contribution in [3.8, 4) is 50.3 Å². The molecule has 8 aromatic carbocycles. The zero-order valence-corrected chi connectivity index (χ0v) is 31.8. The van der Waals surface area contributed by atoms with E-state index in [1.807, 2.05) is 42.5 Å². The van der Waals surface area contributed by atoms with Gasteiger partial charge in [-0.25, -0.2) is 0 Å². The molecule has 2 heteroatoms. The fourth-order valence-electron chi connectivity index (χ4n) is 7.43. The van der Waals surface area contributed by atoms with Crippen molar-refractivity contribution >= 4 is 28.4 Å². The second-order valence-corrected chi connectivity index (χ2v) is 14.4. The lowest BCUT2D eigenvalue weighted by molar-refractivity contribution is 0.513. The highest BCUT2D eigenvalue weighted by atomic mass is 16.5. The van der Waals surface area contributed by atoms with Crippen LogP contribution in [0, 0.1) is 6.92 Å². The zero-order valence-electron chi connectivity index (χ0n) is 31.8. The minimum atomic E-state index is 0.781. The van der Waals surface area contributed by atoms with Gasteiger partial charge >= 0.3 is 0 Å². The molecular weight excluding hydrogens is 691 g/mol. The highest BCUT2D eigenvalue weighted by molar-refractivity contribution is 5.85. The van der Waals surface area contributed by atoms with Gasteiger partial charge in [-0.15, -0.1) is 0 Å². The van der Waals surface area contributed by atoms with Gasteiger partial charge < -0.3 is 9.64 Å². The first-order valence-electron chi connectivity index (χ1n) is 19.3. The molecule has 0 amide bonds. The van der Waals surface area contributed by atoms with Crippen molar-refractivity contribution in [2.75, 3.05) is 4.90 Å². The first-order chi connectivity index (χ1) is 28.1. The van der Waals surface area contributed by atoms with Gasteiger partial charge in [0.25, 0.3) is 0 Å². The van der Waals surface area contributed by atoms with E-state index < -0.39 is 0 Å². The Morgan fingerprint density at radius 1 is 0.404 bits per heavy atom. The molecule has 1 heterocycles. The molecule has 0 fully saturated rings. The number of para-hydroxylation sites is 1. The summed E-state index contributed by atoms with van der Waals surface area (Å²) in [6.45, 7) is 6.34. The van der Waals surface area contributed by atoms with Gasteiger partial charge in [-0.3, -0.25) is 0 Å². The van der Waals surface area contributed by atoms with E-state index in [2.05, 4.69) is 194 Å². The Balaban J connectivity index is 1.09.